The van der Waals surface area contributed by atoms with Crippen molar-refractivity contribution >= 4 is 45.3 Å². The van der Waals surface area contributed by atoms with Crippen LogP contribution in [0.5, 0.6) is 0 Å². The lowest BCUT2D eigenvalue weighted by Gasteiger charge is -2.36. The molecule has 1 saturated heterocycles. The van der Waals surface area contributed by atoms with Gasteiger partial charge in [-0.15, -0.1) is 11.3 Å². The van der Waals surface area contributed by atoms with Crippen LogP contribution in [0.25, 0.3) is 10.9 Å². The Morgan fingerprint density at radius 3 is 2.43 bits per heavy atom. The third-order valence-electron chi connectivity index (χ3n) is 5.84. The maximum atomic E-state index is 12.5. The van der Waals surface area contributed by atoms with Gasteiger partial charge in [-0.25, -0.2) is 24.5 Å². The van der Waals surface area contributed by atoms with Gasteiger partial charge in [0.05, 0.1) is 18.2 Å². The smallest absolute Gasteiger partial charge is 0.408 e. The number of carbonyl (C=O) groups excluding carboxylic acids is 2. The molecule has 2 aromatic heterocycles. The highest BCUT2D eigenvalue weighted by Crippen LogP contribution is 2.29. The first kappa shape index (κ1) is 26.6. The van der Waals surface area contributed by atoms with E-state index in [2.05, 4.69) is 20.1 Å². The maximum absolute atomic E-state index is 12.5. The Hall–Kier alpha value is -3.47. The summed E-state index contributed by atoms with van der Waals surface area (Å²) in [6.07, 6.45) is 0.134. The number of para-hydroxylation sites is 1. The Morgan fingerprint density at radius 2 is 1.76 bits per heavy atom. The van der Waals surface area contributed by atoms with E-state index in [-0.39, 0.29) is 6.04 Å². The van der Waals surface area contributed by atoms with Gasteiger partial charge in [-0.2, -0.15) is 0 Å². The number of fused-ring (bicyclic) bond motifs is 1. The fourth-order valence-corrected chi connectivity index (χ4v) is 4.94. The van der Waals surface area contributed by atoms with Crippen molar-refractivity contribution in [2.45, 2.75) is 52.7 Å². The lowest BCUT2D eigenvalue weighted by atomic mass is 10.1. The Labute approximate surface area is 221 Å². The average molecular weight is 527 g/mol. The van der Waals surface area contributed by atoms with Gasteiger partial charge in [0.15, 0.2) is 16.6 Å². The summed E-state index contributed by atoms with van der Waals surface area (Å²) < 4.78 is 10.5. The van der Waals surface area contributed by atoms with E-state index in [1.807, 2.05) is 52.0 Å². The van der Waals surface area contributed by atoms with Crippen LogP contribution in [0.3, 0.4) is 0 Å². The number of nitrogens with zero attached hydrogens (tertiary/aromatic N) is 5. The highest BCUT2D eigenvalue weighted by atomic mass is 32.1. The van der Waals surface area contributed by atoms with Gasteiger partial charge in [0.2, 0.25) is 0 Å². The second-order valence-electron chi connectivity index (χ2n) is 9.74. The summed E-state index contributed by atoms with van der Waals surface area (Å²) in [7, 11) is 0. The van der Waals surface area contributed by atoms with Crippen molar-refractivity contribution in [1.29, 1.82) is 0 Å². The predicted molar refractivity (Wildman–Crippen MR) is 144 cm³/mol. The van der Waals surface area contributed by atoms with E-state index < -0.39 is 17.7 Å². The molecular formula is C26H34N6O4S. The van der Waals surface area contributed by atoms with Crippen molar-refractivity contribution in [3.8, 4) is 0 Å². The van der Waals surface area contributed by atoms with Crippen LogP contribution in [-0.2, 0) is 9.47 Å². The van der Waals surface area contributed by atoms with Crippen LogP contribution in [-0.4, -0.2) is 65.4 Å². The zero-order valence-corrected chi connectivity index (χ0v) is 22.8. The molecule has 1 fully saturated rings. The second kappa shape index (κ2) is 11.3. The van der Waals surface area contributed by atoms with Crippen molar-refractivity contribution in [3.05, 3.63) is 41.2 Å². The average Bonchev–Trinajstić information content (AvgIpc) is 3.36. The quantitative estimate of drug-likeness (QED) is 0.443. The molecule has 0 radical (unpaired) electrons. The van der Waals surface area contributed by atoms with Gasteiger partial charge in [-0.05, 0) is 46.2 Å². The van der Waals surface area contributed by atoms with Gasteiger partial charge >= 0.3 is 12.1 Å². The van der Waals surface area contributed by atoms with Gasteiger partial charge in [-0.3, -0.25) is 0 Å². The number of amides is 1. The Kier molecular flexibility index (Phi) is 8.11. The second-order valence-corrected chi connectivity index (χ2v) is 10.6. The van der Waals surface area contributed by atoms with Crippen molar-refractivity contribution < 1.29 is 19.1 Å². The van der Waals surface area contributed by atoms with Gasteiger partial charge in [0.1, 0.15) is 11.4 Å². The molecule has 0 aliphatic carbocycles. The van der Waals surface area contributed by atoms with Gasteiger partial charge in [0, 0.05) is 36.9 Å². The summed E-state index contributed by atoms with van der Waals surface area (Å²) in [5, 5.41) is 6.44. The number of esters is 1. The lowest BCUT2D eigenvalue weighted by molar-refractivity contribution is 0.0495. The lowest BCUT2D eigenvalue weighted by Crippen LogP contribution is -2.47. The largest absolute Gasteiger partial charge is 0.461 e. The molecule has 1 aromatic carbocycles. The first-order valence-electron chi connectivity index (χ1n) is 12.6. The summed E-state index contributed by atoms with van der Waals surface area (Å²) in [4.78, 5) is 43.1. The molecule has 11 heteroatoms. The molecule has 1 aliphatic rings. The summed E-state index contributed by atoms with van der Waals surface area (Å²) >= 11 is 1.45. The molecule has 0 saturated carbocycles. The standard InChI is InChI=1S/C26H34N6O4S/c1-6-18(29-25(34)36-26(3,4)5)21-27-19-11-9-8-10-17(19)22(30-21)31-12-14-32(15-13-31)24-28-20(16-37-24)23(33)35-7-2/h8-11,16,18H,6-7,12-15H2,1-5H3,(H,29,34)/t18-/m0/s1. The molecule has 0 unspecified atom stereocenters. The SMILES string of the molecule is CCOC(=O)c1csc(N2CCN(c3nc([C@H](CC)NC(=O)OC(C)(C)C)nc4ccccc34)CC2)n1. The summed E-state index contributed by atoms with van der Waals surface area (Å²) in [5.41, 5.74) is 0.582. The minimum atomic E-state index is -0.591. The number of piperazine rings is 1. The van der Waals surface area contributed by atoms with Crippen molar-refractivity contribution in [3.63, 3.8) is 0 Å². The molecule has 1 atom stereocenters. The zero-order chi connectivity index (χ0) is 26.6. The Morgan fingerprint density at radius 1 is 1.05 bits per heavy atom. The van der Waals surface area contributed by atoms with E-state index in [1.54, 1.807) is 12.3 Å². The van der Waals surface area contributed by atoms with E-state index in [0.717, 1.165) is 48.0 Å². The number of hydrogen-bond donors (Lipinski definition) is 1. The number of hydrogen-bond acceptors (Lipinski definition) is 10. The van der Waals surface area contributed by atoms with E-state index in [1.165, 1.54) is 11.3 Å². The molecule has 1 N–H and O–H groups in total. The van der Waals surface area contributed by atoms with Crippen molar-refractivity contribution in [2.75, 3.05) is 42.6 Å². The van der Waals surface area contributed by atoms with Gasteiger partial charge < -0.3 is 24.6 Å². The van der Waals surface area contributed by atoms with Crippen LogP contribution in [0, 0.1) is 0 Å². The molecular weight excluding hydrogens is 492 g/mol. The first-order valence-corrected chi connectivity index (χ1v) is 13.4. The molecule has 10 nitrogen and oxygen atoms in total. The van der Waals surface area contributed by atoms with Crippen LogP contribution < -0.4 is 15.1 Å². The number of ether oxygens (including phenoxy) is 2. The molecule has 3 aromatic rings. The van der Waals surface area contributed by atoms with Crippen LogP contribution in [0.1, 0.15) is 63.4 Å². The third-order valence-corrected chi connectivity index (χ3v) is 6.74. The Bertz CT molecular complexity index is 1250. The molecule has 0 bridgehead atoms. The monoisotopic (exact) mass is 526 g/mol. The summed E-state index contributed by atoms with van der Waals surface area (Å²) in [5.74, 6) is 1.01. The summed E-state index contributed by atoms with van der Waals surface area (Å²) in [6, 6.07) is 7.54. The number of aromatic nitrogens is 3. The molecule has 198 valence electrons. The molecule has 4 rings (SSSR count). The molecule has 37 heavy (non-hydrogen) atoms. The topological polar surface area (TPSA) is 110 Å². The zero-order valence-electron chi connectivity index (χ0n) is 22.0. The number of carbonyl (C=O) groups is 2. The molecule has 1 amide bonds. The maximum Gasteiger partial charge on any atom is 0.408 e. The third kappa shape index (κ3) is 6.46. The van der Waals surface area contributed by atoms with Crippen molar-refractivity contribution in [1.82, 2.24) is 20.3 Å². The molecule has 1 aliphatic heterocycles. The number of thiazole rings is 1. The molecule has 0 spiro atoms. The van der Waals surface area contributed by atoms with Gasteiger partial charge in [0.25, 0.3) is 0 Å². The fraction of sp³-hybridized carbons (Fsp3) is 0.500. The Balaban J connectivity index is 1.53. The van der Waals surface area contributed by atoms with E-state index >= 15 is 0 Å². The highest BCUT2D eigenvalue weighted by Gasteiger charge is 2.26. The minimum absolute atomic E-state index is 0.325. The van der Waals surface area contributed by atoms with E-state index in [0.29, 0.717) is 24.5 Å². The summed E-state index contributed by atoms with van der Waals surface area (Å²) in [6.45, 7) is 12.5. The predicted octanol–water partition coefficient (Wildman–Crippen LogP) is 4.57. The first-order chi connectivity index (χ1) is 17.7. The van der Waals surface area contributed by atoms with Crippen LogP contribution in [0.2, 0.25) is 0 Å². The fourth-order valence-electron chi connectivity index (χ4n) is 4.09. The van der Waals surface area contributed by atoms with Crippen LogP contribution in [0.4, 0.5) is 15.7 Å². The normalized spacial score (nSPS) is 14.9. The number of rotatable bonds is 7. The molecule has 3 heterocycles. The van der Waals surface area contributed by atoms with E-state index in [9.17, 15) is 9.59 Å². The number of alkyl carbamates (subject to hydrolysis) is 1. The van der Waals surface area contributed by atoms with Crippen LogP contribution in [0.15, 0.2) is 29.6 Å². The van der Waals surface area contributed by atoms with E-state index in [4.69, 9.17) is 19.4 Å². The van der Waals surface area contributed by atoms with Crippen molar-refractivity contribution in [2.24, 2.45) is 0 Å². The van der Waals surface area contributed by atoms with Gasteiger partial charge in [-0.1, -0.05) is 19.1 Å². The number of nitrogens with one attached hydrogen (secondary N) is 1. The minimum Gasteiger partial charge on any atom is -0.461 e. The number of anilines is 2. The van der Waals surface area contributed by atoms with Crippen LogP contribution >= 0.6 is 11.3 Å². The highest BCUT2D eigenvalue weighted by molar-refractivity contribution is 7.13. The number of benzene rings is 1.